The first-order chi connectivity index (χ1) is 35.1. The number of sulfone groups is 2. The number of nitrogens with one attached hydrogen (secondary N) is 1. The summed E-state index contributed by atoms with van der Waals surface area (Å²) in [4.78, 5) is 8.87. The zero-order chi connectivity index (χ0) is 57.0. The van der Waals surface area contributed by atoms with E-state index < -0.39 is 177 Å². The van der Waals surface area contributed by atoms with E-state index in [2.05, 4.69) is 68.2 Å². The Hall–Kier alpha value is -6.37. The maximum absolute atomic E-state index is 14.7. The fraction of sp³-hybridized carbons (Fsp3) is 0.270. The maximum Gasteiger partial charge on any atom is 0.399 e. The third-order valence-electron chi connectivity index (χ3n) is 9.94. The molecule has 5 aromatic rings. The van der Waals surface area contributed by atoms with Gasteiger partial charge in [0, 0.05) is 30.3 Å². The van der Waals surface area contributed by atoms with Crippen LogP contribution in [0.15, 0.2) is 101 Å². The highest BCUT2D eigenvalue weighted by Crippen LogP contribution is 2.48. The van der Waals surface area contributed by atoms with Crippen LogP contribution in [-0.4, -0.2) is 144 Å². The molecule has 0 saturated carbocycles. The van der Waals surface area contributed by atoms with Crippen molar-refractivity contribution in [3.8, 4) is 5.75 Å². The lowest BCUT2D eigenvalue weighted by molar-refractivity contribution is 0.255. The Morgan fingerprint density at radius 2 is 1.33 bits per heavy atom. The van der Waals surface area contributed by atoms with Gasteiger partial charge < -0.3 is 21.1 Å². The van der Waals surface area contributed by atoms with E-state index in [1.54, 1.807) is 0 Å². The van der Waals surface area contributed by atoms with Crippen LogP contribution in [0.4, 0.5) is 50.4 Å². The SMILES string of the molecule is C=CS(=O)(=O)CCN(C)c1nc(F)nc(Nc2ccc(S(=O)(=O)OC)c(N=Nc3c(CS(=O)(=O)O)cc4cc(S(=O)(=O)OC)c(N=Nc5ccc(S(=O)(=O)CCOS(=O)(=O)OC)cc5S(=O)(=O)OC)c(N)c4c3O)c2)n1. The topological polar surface area (TPSA) is 455 Å². The first-order valence-corrected chi connectivity index (χ1v) is 30.7. The molecule has 0 atom stereocenters. The number of fused-ring (bicyclic) bond motifs is 1. The van der Waals surface area contributed by atoms with E-state index in [9.17, 15) is 73.0 Å². The van der Waals surface area contributed by atoms with Gasteiger partial charge in [0.25, 0.3) is 40.5 Å². The van der Waals surface area contributed by atoms with Crippen LogP contribution in [0.3, 0.4) is 0 Å². The number of nitrogens with two attached hydrogens (primary N) is 1. The predicted molar refractivity (Wildman–Crippen MR) is 263 cm³/mol. The molecule has 5 rings (SSSR count). The van der Waals surface area contributed by atoms with E-state index in [0.29, 0.717) is 20.3 Å². The predicted octanol–water partition coefficient (Wildman–Crippen LogP) is 3.10. The number of nitrogen functional groups attached to an aromatic ring is 1. The minimum absolute atomic E-state index is 0.146. The number of hydrogen-bond donors (Lipinski definition) is 4. The highest BCUT2D eigenvalue weighted by Gasteiger charge is 2.30. The molecule has 0 spiro atoms. The van der Waals surface area contributed by atoms with E-state index in [1.807, 2.05) is 0 Å². The van der Waals surface area contributed by atoms with Crippen molar-refractivity contribution in [2.75, 3.05) is 76.1 Å². The lowest BCUT2D eigenvalue weighted by Gasteiger charge is -2.17. The highest BCUT2D eigenvalue weighted by molar-refractivity contribution is 7.94. The zero-order valence-electron chi connectivity index (χ0n) is 39.5. The number of rotatable bonds is 25. The molecule has 4 aromatic carbocycles. The Morgan fingerprint density at radius 1 is 0.724 bits per heavy atom. The molecule has 39 heteroatoms. The minimum Gasteiger partial charge on any atom is -0.505 e. The summed E-state index contributed by atoms with van der Waals surface area (Å²) in [7, 11) is -28.2. The van der Waals surface area contributed by atoms with Gasteiger partial charge in [-0.25, -0.2) is 21.0 Å². The van der Waals surface area contributed by atoms with Gasteiger partial charge in [0.2, 0.25) is 11.9 Å². The van der Waals surface area contributed by atoms with E-state index in [-0.39, 0.29) is 18.2 Å². The highest BCUT2D eigenvalue weighted by atomic mass is 32.3. The quantitative estimate of drug-likeness (QED) is 0.0282. The summed E-state index contributed by atoms with van der Waals surface area (Å²) in [5.74, 6) is -4.85. The number of phenols is 1. The van der Waals surface area contributed by atoms with Crippen LogP contribution in [0.25, 0.3) is 10.8 Å². The van der Waals surface area contributed by atoms with E-state index >= 15 is 0 Å². The molecule has 0 radical (unpaired) electrons. The average molecular weight is 1210 g/mol. The lowest BCUT2D eigenvalue weighted by Crippen LogP contribution is -2.27. The van der Waals surface area contributed by atoms with E-state index in [1.165, 1.54) is 11.9 Å². The zero-order valence-corrected chi connectivity index (χ0v) is 45.2. The van der Waals surface area contributed by atoms with Crippen molar-refractivity contribution in [3.05, 3.63) is 72.2 Å². The fourth-order valence-corrected chi connectivity index (χ4v) is 11.6. The normalized spacial score (nSPS) is 13.2. The van der Waals surface area contributed by atoms with Crippen molar-refractivity contribution in [1.82, 2.24) is 15.0 Å². The smallest absolute Gasteiger partial charge is 0.399 e. The molecule has 0 aliphatic rings. The fourth-order valence-electron chi connectivity index (χ4n) is 6.19. The van der Waals surface area contributed by atoms with Crippen molar-refractivity contribution in [2.24, 2.45) is 20.5 Å². The number of benzene rings is 4. The number of phenolic OH excluding ortho intramolecular Hbond substituents is 1. The first-order valence-electron chi connectivity index (χ1n) is 20.2. The van der Waals surface area contributed by atoms with Gasteiger partial charge in [-0.1, -0.05) is 6.58 Å². The Kier molecular flexibility index (Phi) is 18.4. The summed E-state index contributed by atoms with van der Waals surface area (Å²) in [5.41, 5.74) is 1.66. The van der Waals surface area contributed by atoms with Crippen LogP contribution in [0.5, 0.6) is 5.75 Å². The van der Waals surface area contributed by atoms with Gasteiger partial charge in [-0.05, 0) is 53.9 Å². The standard InChI is InChI=1S/C37H41FN10O21S7/c1-7-70(50,51)14-12-48(2)37-42-35(38)41-36(43-37)40-23-8-11-27(73(57,58)65-3)26(18-23)45-46-32-22(20-72(54,55)56)16-21-17-29(75(61,62)67-5)33(31(39)30(21)34(32)49)47-44-25-10-9-24(19-28(25)74(59,60)66-4)71(52,53)15-13-69-76(63,64)68-6/h7-11,16-19,49H,1,12-15,20,39H2,2-6H3,(H,54,55,56)(H,40,41,42,43). The van der Waals surface area contributed by atoms with Crippen LogP contribution in [0.2, 0.25) is 0 Å². The summed E-state index contributed by atoms with van der Waals surface area (Å²) < 4.78 is 224. The Labute approximate surface area is 433 Å². The van der Waals surface area contributed by atoms with Gasteiger partial charge in [-0.3, -0.25) is 21.3 Å². The molecule has 0 aliphatic heterocycles. The molecule has 31 nitrogen and oxygen atoms in total. The molecule has 1 heterocycles. The molecule has 0 unspecified atom stereocenters. The molecule has 0 saturated heterocycles. The number of aromatic nitrogens is 3. The second-order valence-corrected chi connectivity index (χ2v) is 26.9. The molecule has 1 aromatic heterocycles. The van der Waals surface area contributed by atoms with Gasteiger partial charge in [0.15, 0.2) is 25.4 Å². The Morgan fingerprint density at radius 3 is 1.93 bits per heavy atom. The second-order valence-electron chi connectivity index (χ2n) is 14.8. The molecular weight excluding hydrogens is 1160 g/mol. The third kappa shape index (κ3) is 14.6. The Balaban J connectivity index is 1.71. The van der Waals surface area contributed by atoms with Crippen LogP contribution >= 0.6 is 0 Å². The lowest BCUT2D eigenvalue weighted by atomic mass is 10.0. The summed E-state index contributed by atoms with van der Waals surface area (Å²) >= 11 is 0. The van der Waals surface area contributed by atoms with Gasteiger partial charge in [-0.15, -0.1) is 20.5 Å². The van der Waals surface area contributed by atoms with Gasteiger partial charge in [-0.2, -0.15) is 61.4 Å². The molecule has 76 heavy (non-hydrogen) atoms. The van der Waals surface area contributed by atoms with Crippen LogP contribution in [-0.2, 0) is 97.2 Å². The van der Waals surface area contributed by atoms with Crippen molar-refractivity contribution >= 4 is 127 Å². The van der Waals surface area contributed by atoms with Crippen LogP contribution in [0, 0.1) is 6.08 Å². The van der Waals surface area contributed by atoms with Crippen molar-refractivity contribution in [2.45, 2.75) is 25.3 Å². The number of azo groups is 2. The minimum atomic E-state index is -5.08. The second kappa shape index (κ2) is 23.1. The summed E-state index contributed by atoms with van der Waals surface area (Å²) in [6, 6.07) is 6.70. The summed E-state index contributed by atoms with van der Waals surface area (Å²) in [6.07, 6.45) is -1.34. The molecule has 0 bridgehead atoms. The monoisotopic (exact) mass is 1200 g/mol. The number of halogens is 1. The van der Waals surface area contributed by atoms with Crippen LogP contribution < -0.4 is 16.0 Å². The number of aromatic hydroxyl groups is 1. The number of anilines is 4. The van der Waals surface area contributed by atoms with E-state index in [0.717, 1.165) is 62.1 Å². The number of nitrogens with zero attached hydrogens (tertiary/aromatic N) is 8. The third-order valence-corrected chi connectivity index (χ3v) is 18.3. The Bertz CT molecular complexity index is 4020. The maximum atomic E-state index is 14.7. The molecule has 0 fully saturated rings. The largest absolute Gasteiger partial charge is 0.505 e. The van der Waals surface area contributed by atoms with Crippen molar-refractivity contribution < 1.29 is 93.9 Å². The van der Waals surface area contributed by atoms with Gasteiger partial charge >= 0.3 is 16.5 Å². The molecule has 0 aliphatic carbocycles. The first kappa shape index (κ1) is 60.5. The van der Waals surface area contributed by atoms with Gasteiger partial charge in [0.1, 0.15) is 43.2 Å². The molecule has 5 N–H and O–H groups in total. The average Bonchev–Trinajstić information content (AvgIpc) is 3.34. The molecular formula is C37H41FN10O21S7. The van der Waals surface area contributed by atoms with E-state index in [4.69, 9.17) is 5.73 Å². The van der Waals surface area contributed by atoms with Gasteiger partial charge in [0.05, 0.1) is 62.5 Å². The van der Waals surface area contributed by atoms with Crippen molar-refractivity contribution in [3.63, 3.8) is 0 Å². The van der Waals surface area contributed by atoms with Crippen LogP contribution in [0.1, 0.15) is 5.56 Å². The summed E-state index contributed by atoms with van der Waals surface area (Å²) in [5, 5.41) is 29.5. The molecule has 0 amide bonds. The van der Waals surface area contributed by atoms with Crippen molar-refractivity contribution in [1.29, 1.82) is 0 Å². The number of hydrogen-bond acceptors (Lipinski definition) is 30. The summed E-state index contributed by atoms with van der Waals surface area (Å²) in [6.45, 7) is 2.02. The molecule has 414 valence electrons.